The van der Waals surface area contributed by atoms with Crippen molar-refractivity contribution in [2.45, 2.75) is 32.7 Å². The number of piperidine rings is 1. The first kappa shape index (κ1) is 26.8. The van der Waals surface area contributed by atoms with Crippen molar-refractivity contribution in [1.82, 2.24) is 20.1 Å². The van der Waals surface area contributed by atoms with Crippen LogP contribution >= 0.6 is 11.3 Å². The Morgan fingerprint density at radius 3 is 2.89 bits per heavy atom. The summed E-state index contributed by atoms with van der Waals surface area (Å²) in [4.78, 5) is 35.8. The summed E-state index contributed by atoms with van der Waals surface area (Å²) >= 11 is 1.59. The van der Waals surface area contributed by atoms with Gasteiger partial charge in [0.25, 0.3) is 5.91 Å². The number of morpholine rings is 1. The molecule has 0 spiro atoms. The van der Waals surface area contributed by atoms with E-state index in [1.54, 1.807) is 24.6 Å². The molecular formula is C26H39N5O4S. The summed E-state index contributed by atoms with van der Waals surface area (Å²) in [5.74, 6) is 0.274. The van der Waals surface area contributed by atoms with Crippen molar-refractivity contribution in [3.8, 4) is 0 Å². The first-order valence-electron chi connectivity index (χ1n) is 13.0. The lowest BCUT2D eigenvalue weighted by Crippen LogP contribution is -2.56. The monoisotopic (exact) mass is 517 g/mol. The number of nitrogens with zero attached hydrogens (tertiary/aromatic N) is 3. The van der Waals surface area contributed by atoms with Crippen molar-refractivity contribution in [2.24, 2.45) is 11.8 Å². The minimum Gasteiger partial charge on any atom is -0.385 e. The molecule has 2 aliphatic rings. The van der Waals surface area contributed by atoms with Gasteiger partial charge < -0.3 is 29.9 Å². The first-order valence-corrected chi connectivity index (χ1v) is 13.8. The summed E-state index contributed by atoms with van der Waals surface area (Å²) in [7, 11) is 1.69. The zero-order valence-corrected chi connectivity index (χ0v) is 22.4. The molecule has 0 saturated carbocycles. The number of hydrogen-bond donors (Lipinski definition) is 2. The molecule has 0 bridgehead atoms. The maximum atomic E-state index is 14.1. The highest BCUT2D eigenvalue weighted by Crippen LogP contribution is 2.32. The number of pyridine rings is 1. The number of aromatic nitrogens is 1. The summed E-state index contributed by atoms with van der Waals surface area (Å²) in [6.07, 6.45) is 3.20. The van der Waals surface area contributed by atoms with Gasteiger partial charge >= 0.3 is 0 Å². The molecule has 0 unspecified atom stereocenters. The van der Waals surface area contributed by atoms with Crippen LogP contribution in [0.5, 0.6) is 0 Å². The Kier molecular flexibility index (Phi) is 9.53. The van der Waals surface area contributed by atoms with E-state index in [0.717, 1.165) is 22.3 Å². The summed E-state index contributed by atoms with van der Waals surface area (Å²) in [5, 5.41) is 8.94. The Hall–Kier alpha value is -2.27. The van der Waals surface area contributed by atoms with E-state index in [9.17, 15) is 9.59 Å². The van der Waals surface area contributed by atoms with Gasteiger partial charge in [0.2, 0.25) is 5.91 Å². The van der Waals surface area contributed by atoms with Crippen molar-refractivity contribution in [2.75, 3.05) is 71.5 Å². The topological polar surface area (TPSA) is 96.0 Å². The highest BCUT2D eigenvalue weighted by atomic mass is 32.1. The second kappa shape index (κ2) is 12.8. The molecule has 2 N–H and O–H groups in total. The summed E-state index contributed by atoms with van der Waals surface area (Å²) in [6.45, 7) is 10.00. The number of carbonyl (C=O) groups excluding carboxylic acids is 2. The first-order chi connectivity index (χ1) is 17.5. The van der Waals surface area contributed by atoms with E-state index in [1.165, 1.54) is 0 Å². The van der Waals surface area contributed by atoms with Crippen LogP contribution < -0.4 is 10.6 Å². The average molecular weight is 518 g/mol. The van der Waals surface area contributed by atoms with Crippen LogP contribution in [-0.2, 0) is 14.3 Å². The van der Waals surface area contributed by atoms with E-state index >= 15 is 0 Å². The third-order valence-electron chi connectivity index (χ3n) is 6.79. The number of amides is 2. The molecule has 0 aliphatic carbocycles. The van der Waals surface area contributed by atoms with Crippen LogP contribution in [0.25, 0.3) is 10.2 Å². The van der Waals surface area contributed by atoms with E-state index in [1.807, 2.05) is 21.2 Å². The van der Waals surface area contributed by atoms with Gasteiger partial charge in [0.15, 0.2) is 0 Å². The Balaban J connectivity index is 1.57. The molecule has 0 radical (unpaired) electrons. The number of thiophene rings is 1. The third-order valence-corrected chi connectivity index (χ3v) is 7.71. The minimum atomic E-state index is -0.145. The standard InChI is InChI=1S/C26H39N5O4S/c1-18(2)17-31(20-13-19(14-27-15-20)25(32)30-7-10-35-11-8-30)26(33)21-16-29-22-5-12-36-24(22)23(21)28-6-4-9-34-3/h5,12,16,18-20,27H,4,6-11,13-15,17H2,1-3H3,(H,28,29)/t19-,20+/m1/s1. The summed E-state index contributed by atoms with van der Waals surface area (Å²) in [6, 6.07) is 1.91. The van der Waals surface area contributed by atoms with Crippen LogP contribution in [0.4, 0.5) is 5.69 Å². The normalized spacial score (nSPS) is 20.6. The van der Waals surface area contributed by atoms with Gasteiger partial charge in [0.1, 0.15) is 0 Å². The number of hydrogen-bond acceptors (Lipinski definition) is 8. The molecule has 2 aliphatic heterocycles. The largest absolute Gasteiger partial charge is 0.385 e. The van der Waals surface area contributed by atoms with Gasteiger partial charge in [0, 0.05) is 65.2 Å². The van der Waals surface area contributed by atoms with Crippen LogP contribution in [0, 0.1) is 11.8 Å². The molecular weight excluding hydrogens is 478 g/mol. The molecule has 9 nitrogen and oxygen atoms in total. The van der Waals surface area contributed by atoms with Gasteiger partial charge in [-0.2, -0.15) is 0 Å². The molecule has 0 aromatic carbocycles. The van der Waals surface area contributed by atoms with E-state index in [-0.39, 0.29) is 23.8 Å². The lowest BCUT2D eigenvalue weighted by molar-refractivity contribution is -0.140. The van der Waals surface area contributed by atoms with Gasteiger partial charge in [-0.3, -0.25) is 14.6 Å². The number of anilines is 1. The van der Waals surface area contributed by atoms with Crippen molar-refractivity contribution in [3.05, 3.63) is 23.2 Å². The van der Waals surface area contributed by atoms with Crippen molar-refractivity contribution in [1.29, 1.82) is 0 Å². The summed E-state index contributed by atoms with van der Waals surface area (Å²) in [5.41, 5.74) is 2.32. The molecule has 10 heteroatoms. The highest BCUT2D eigenvalue weighted by molar-refractivity contribution is 7.17. The average Bonchev–Trinajstić information content (AvgIpc) is 3.39. The van der Waals surface area contributed by atoms with Gasteiger partial charge in [-0.1, -0.05) is 13.8 Å². The molecule has 2 fully saturated rings. The zero-order valence-electron chi connectivity index (χ0n) is 21.6. The van der Waals surface area contributed by atoms with E-state index in [0.29, 0.717) is 77.0 Å². The Morgan fingerprint density at radius 1 is 1.33 bits per heavy atom. The van der Waals surface area contributed by atoms with Crippen LogP contribution in [0.2, 0.25) is 0 Å². The smallest absolute Gasteiger partial charge is 0.257 e. The van der Waals surface area contributed by atoms with Crippen LogP contribution in [0.15, 0.2) is 17.6 Å². The van der Waals surface area contributed by atoms with Crippen LogP contribution in [0.1, 0.15) is 37.0 Å². The minimum absolute atomic E-state index is 0.0352. The maximum Gasteiger partial charge on any atom is 0.257 e. The molecule has 2 aromatic heterocycles. The molecule has 2 aromatic rings. The molecule has 198 valence electrons. The maximum absolute atomic E-state index is 14.1. The number of nitrogens with one attached hydrogen (secondary N) is 2. The Morgan fingerprint density at radius 2 is 2.14 bits per heavy atom. The number of rotatable bonds is 10. The summed E-state index contributed by atoms with van der Waals surface area (Å²) < 4.78 is 11.6. The van der Waals surface area contributed by atoms with Crippen LogP contribution in [-0.4, -0.2) is 98.8 Å². The van der Waals surface area contributed by atoms with Crippen molar-refractivity contribution < 1.29 is 19.1 Å². The van der Waals surface area contributed by atoms with Crippen LogP contribution in [0.3, 0.4) is 0 Å². The lowest BCUT2D eigenvalue weighted by atomic mass is 9.92. The lowest BCUT2D eigenvalue weighted by Gasteiger charge is -2.40. The van der Waals surface area contributed by atoms with Gasteiger partial charge in [0.05, 0.1) is 40.6 Å². The second-order valence-corrected chi connectivity index (χ2v) is 10.9. The molecule has 2 atom stereocenters. The molecule has 4 heterocycles. The molecule has 2 amide bonds. The van der Waals surface area contributed by atoms with E-state index in [2.05, 4.69) is 29.5 Å². The zero-order chi connectivity index (χ0) is 25.5. The van der Waals surface area contributed by atoms with Gasteiger partial charge in [-0.15, -0.1) is 11.3 Å². The predicted molar refractivity (Wildman–Crippen MR) is 143 cm³/mol. The quantitative estimate of drug-likeness (QED) is 0.468. The Bertz CT molecular complexity index is 1020. The number of methoxy groups -OCH3 is 1. The fourth-order valence-corrected chi connectivity index (χ4v) is 5.89. The third kappa shape index (κ3) is 6.34. The van der Waals surface area contributed by atoms with Crippen molar-refractivity contribution >= 4 is 39.1 Å². The van der Waals surface area contributed by atoms with Gasteiger partial charge in [-0.05, 0) is 30.2 Å². The highest BCUT2D eigenvalue weighted by Gasteiger charge is 2.36. The van der Waals surface area contributed by atoms with Gasteiger partial charge in [-0.25, -0.2) is 0 Å². The predicted octanol–water partition coefficient (Wildman–Crippen LogP) is 2.68. The van der Waals surface area contributed by atoms with E-state index in [4.69, 9.17) is 9.47 Å². The molecule has 2 saturated heterocycles. The SMILES string of the molecule is COCCCNc1c(C(=O)N(CC(C)C)[C@@H]2CNC[C@H](C(=O)N3CCOCC3)C2)cnc2ccsc12. The number of fused-ring (bicyclic) bond motifs is 1. The fraction of sp³-hybridized carbons (Fsp3) is 0.654. The van der Waals surface area contributed by atoms with Crippen molar-refractivity contribution in [3.63, 3.8) is 0 Å². The van der Waals surface area contributed by atoms with E-state index < -0.39 is 0 Å². The second-order valence-electron chi connectivity index (χ2n) is 9.99. The molecule has 36 heavy (non-hydrogen) atoms. The number of ether oxygens (including phenoxy) is 2. The fourth-order valence-electron chi connectivity index (χ4n) is 5.01. The molecule has 4 rings (SSSR count). The number of carbonyl (C=O) groups is 2. The Labute approximate surface area is 217 Å².